The lowest BCUT2D eigenvalue weighted by Crippen LogP contribution is -2.34. The number of carbonyl (C=O) groups is 1. The van der Waals surface area contributed by atoms with Crippen LogP contribution in [-0.2, 0) is 6.61 Å². The zero-order valence-electron chi connectivity index (χ0n) is 18.7. The van der Waals surface area contributed by atoms with Crippen LogP contribution in [0.25, 0.3) is 22.4 Å². The molecule has 5 rings (SSSR count). The standard InChI is InChI=1S/C28H22N4O2S/c33-27(21-11-7-13-23(17-21)34-18-19-8-2-1-3-9-19)32-28(35)29-22-12-6-10-20(16-22)26-30-24-14-4-5-15-25(24)31-26/h1-17H,18H2,(H,30,31)(H2,29,32,33,35). The maximum absolute atomic E-state index is 12.8. The number of rotatable bonds is 6. The molecule has 0 bridgehead atoms. The van der Waals surface area contributed by atoms with E-state index in [-0.39, 0.29) is 11.0 Å². The van der Waals surface area contributed by atoms with Gasteiger partial charge >= 0.3 is 0 Å². The number of H-pyrrole nitrogens is 1. The fraction of sp³-hybridized carbons (Fsp3) is 0.0357. The number of para-hydroxylation sites is 2. The Labute approximate surface area is 208 Å². The summed E-state index contributed by atoms with van der Waals surface area (Å²) in [6.07, 6.45) is 0. The highest BCUT2D eigenvalue weighted by molar-refractivity contribution is 7.80. The summed E-state index contributed by atoms with van der Waals surface area (Å²) in [6, 6.07) is 32.4. The Morgan fingerprint density at radius 2 is 1.69 bits per heavy atom. The Kier molecular flexibility index (Phi) is 6.50. The smallest absolute Gasteiger partial charge is 0.257 e. The largest absolute Gasteiger partial charge is 0.489 e. The van der Waals surface area contributed by atoms with Gasteiger partial charge in [-0.2, -0.15) is 0 Å². The van der Waals surface area contributed by atoms with E-state index >= 15 is 0 Å². The first-order chi connectivity index (χ1) is 17.1. The number of amides is 1. The van der Waals surface area contributed by atoms with Crippen LogP contribution in [0.3, 0.4) is 0 Å². The number of fused-ring (bicyclic) bond motifs is 1. The predicted octanol–water partition coefficient (Wildman–Crippen LogP) is 5.94. The van der Waals surface area contributed by atoms with Gasteiger partial charge in [-0.1, -0.05) is 60.7 Å². The minimum Gasteiger partial charge on any atom is -0.489 e. The minimum atomic E-state index is -0.318. The van der Waals surface area contributed by atoms with Crippen LogP contribution in [0.15, 0.2) is 103 Å². The van der Waals surface area contributed by atoms with Gasteiger partial charge in [0.25, 0.3) is 5.91 Å². The number of imidazole rings is 1. The van der Waals surface area contributed by atoms with Gasteiger partial charge in [0.1, 0.15) is 18.2 Å². The average molecular weight is 479 g/mol. The van der Waals surface area contributed by atoms with Gasteiger partial charge in [0.2, 0.25) is 0 Å². The molecule has 0 aliphatic heterocycles. The van der Waals surface area contributed by atoms with E-state index in [0.29, 0.717) is 17.9 Å². The Balaban J connectivity index is 1.22. The molecule has 0 atom stereocenters. The Morgan fingerprint density at radius 3 is 2.54 bits per heavy atom. The Bertz CT molecular complexity index is 1460. The van der Waals surface area contributed by atoms with Crippen LogP contribution in [-0.4, -0.2) is 21.0 Å². The van der Waals surface area contributed by atoms with Crippen molar-refractivity contribution in [3.05, 3.63) is 114 Å². The normalized spacial score (nSPS) is 10.6. The van der Waals surface area contributed by atoms with E-state index in [9.17, 15) is 4.79 Å². The van der Waals surface area contributed by atoms with Crippen LogP contribution in [0.2, 0.25) is 0 Å². The van der Waals surface area contributed by atoms with Crippen molar-refractivity contribution in [3.63, 3.8) is 0 Å². The van der Waals surface area contributed by atoms with Crippen LogP contribution < -0.4 is 15.4 Å². The molecule has 0 saturated heterocycles. The Morgan fingerprint density at radius 1 is 0.886 bits per heavy atom. The molecule has 0 saturated carbocycles. The highest BCUT2D eigenvalue weighted by Crippen LogP contribution is 2.23. The molecule has 0 radical (unpaired) electrons. The van der Waals surface area contributed by atoms with Gasteiger partial charge in [-0.05, 0) is 60.2 Å². The average Bonchev–Trinajstić information content (AvgIpc) is 3.33. The van der Waals surface area contributed by atoms with Crippen molar-refractivity contribution >= 4 is 40.0 Å². The van der Waals surface area contributed by atoms with Crippen LogP contribution >= 0.6 is 12.2 Å². The molecule has 0 spiro atoms. The molecule has 0 aliphatic carbocycles. The lowest BCUT2D eigenvalue weighted by molar-refractivity contribution is 0.0977. The summed E-state index contributed by atoms with van der Waals surface area (Å²) in [5, 5.41) is 6.00. The predicted molar refractivity (Wildman–Crippen MR) is 142 cm³/mol. The number of carbonyl (C=O) groups excluding carboxylic acids is 1. The number of benzene rings is 4. The molecule has 0 fully saturated rings. The third-order valence-electron chi connectivity index (χ3n) is 5.35. The molecule has 5 aromatic rings. The van der Waals surface area contributed by atoms with E-state index in [1.807, 2.05) is 84.9 Å². The second-order valence-corrected chi connectivity index (χ2v) is 8.30. The first-order valence-corrected chi connectivity index (χ1v) is 11.5. The summed E-state index contributed by atoms with van der Waals surface area (Å²) in [5.74, 6) is 1.05. The van der Waals surface area contributed by atoms with E-state index in [1.165, 1.54) is 0 Å². The fourth-order valence-corrected chi connectivity index (χ4v) is 3.85. The third-order valence-corrected chi connectivity index (χ3v) is 5.56. The quantitative estimate of drug-likeness (QED) is 0.263. The lowest BCUT2D eigenvalue weighted by atomic mass is 10.2. The summed E-state index contributed by atoms with van der Waals surface area (Å²) in [5.41, 5.74) is 5.03. The number of hydrogen-bond acceptors (Lipinski definition) is 4. The van der Waals surface area contributed by atoms with Crippen molar-refractivity contribution in [1.29, 1.82) is 0 Å². The SMILES string of the molecule is O=C(NC(=S)Nc1cccc(-c2nc3ccccc3[nH]2)c1)c1cccc(OCc2ccccc2)c1. The number of aromatic nitrogens is 2. The van der Waals surface area contributed by atoms with Crippen molar-refractivity contribution in [3.8, 4) is 17.1 Å². The van der Waals surface area contributed by atoms with E-state index in [1.54, 1.807) is 18.2 Å². The van der Waals surface area contributed by atoms with Crippen molar-refractivity contribution in [1.82, 2.24) is 15.3 Å². The number of nitrogens with one attached hydrogen (secondary N) is 3. The summed E-state index contributed by atoms with van der Waals surface area (Å²) in [7, 11) is 0. The van der Waals surface area contributed by atoms with Crippen molar-refractivity contribution in [2.75, 3.05) is 5.32 Å². The molecule has 0 aliphatic rings. The van der Waals surface area contributed by atoms with Gasteiger partial charge < -0.3 is 15.0 Å². The molecular weight excluding hydrogens is 456 g/mol. The van der Waals surface area contributed by atoms with Gasteiger partial charge in [-0.25, -0.2) is 4.98 Å². The molecule has 6 nitrogen and oxygen atoms in total. The van der Waals surface area contributed by atoms with Crippen molar-refractivity contribution in [2.45, 2.75) is 6.61 Å². The van der Waals surface area contributed by atoms with Crippen LogP contribution in [0.1, 0.15) is 15.9 Å². The summed E-state index contributed by atoms with van der Waals surface area (Å²) in [4.78, 5) is 20.7. The number of ether oxygens (including phenoxy) is 1. The molecule has 1 heterocycles. The lowest BCUT2D eigenvalue weighted by Gasteiger charge is -2.11. The maximum atomic E-state index is 12.8. The van der Waals surface area contributed by atoms with Crippen molar-refractivity contribution in [2.24, 2.45) is 0 Å². The Hall–Kier alpha value is -4.49. The number of hydrogen-bond donors (Lipinski definition) is 3. The van der Waals surface area contributed by atoms with Crippen molar-refractivity contribution < 1.29 is 9.53 Å². The number of thiocarbonyl (C=S) groups is 1. The fourth-order valence-electron chi connectivity index (χ4n) is 3.64. The number of aromatic amines is 1. The first-order valence-electron chi connectivity index (χ1n) is 11.1. The van der Waals surface area contributed by atoms with E-state index in [4.69, 9.17) is 17.0 Å². The van der Waals surface area contributed by atoms with Crippen LogP contribution in [0, 0.1) is 0 Å². The molecular formula is C28H22N4O2S. The molecule has 35 heavy (non-hydrogen) atoms. The van der Waals surface area contributed by atoms with Gasteiger partial charge in [-0.3, -0.25) is 10.1 Å². The number of anilines is 1. The summed E-state index contributed by atoms with van der Waals surface area (Å²) in [6.45, 7) is 0.424. The highest BCUT2D eigenvalue weighted by Gasteiger charge is 2.11. The second-order valence-electron chi connectivity index (χ2n) is 7.89. The topological polar surface area (TPSA) is 79.0 Å². The monoisotopic (exact) mass is 478 g/mol. The molecule has 172 valence electrons. The van der Waals surface area contributed by atoms with E-state index in [2.05, 4.69) is 20.6 Å². The zero-order valence-corrected chi connectivity index (χ0v) is 19.5. The minimum absolute atomic E-state index is 0.201. The van der Waals surface area contributed by atoms with Gasteiger partial charge in [0.05, 0.1) is 11.0 Å². The van der Waals surface area contributed by atoms with E-state index < -0.39 is 0 Å². The van der Waals surface area contributed by atoms with Crippen LogP contribution in [0.4, 0.5) is 5.69 Å². The molecule has 1 aromatic heterocycles. The molecule has 7 heteroatoms. The molecule has 4 aromatic carbocycles. The molecule has 3 N–H and O–H groups in total. The summed E-state index contributed by atoms with van der Waals surface area (Å²) < 4.78 is 5.82. The number of nitrogens with zero attached hydrogens (tertiary/aromatic N) is 1. The summed E-state index contributed by atoms with van der Waals surface area (Å²) >= 11 is 5.37. The van der Waals surface area contributed by atoms with Gasteiger partial charge in [0.15, 0.2) is 5.11 Å². The van der Waals surface area contributed by atoms with Crippen LogP contribution in [0.5, 0.6) is 5.75 Å². The second kappa shape index (κ2) is 10.2. The first kappa shape index (κ1) is 22.3. The third kappa shape index (κ3) is 5.54. The van der Waals surface area contributed by atoms with Gasteiger partial charge in [0, 0.05) is 16.8 Å². The highest BCUT2D eigenvalue weighted by atomic mass is 32.1. The molecule has 0 unspecified atom stereocenters. The van der Waals surface area contributed by atoms with E-state index in [0.717, 1.165) is 33.7 Å². The maximum Gasteiger partial charge on any atom is 0.257 e. The van der Waals surface area contributed by atoms with Gasteiger partial charge in [-0.15, -0.1) is 0 Å². The zero-order chi connectivity index (χ0) is 24.0. The molecule has 1 amide bonds.